The van der Waals surface area contributed by atoms with Gasteiger partial charge < -0.3 is 5.32 Å². The van der Waals surface area contributed by atoms with Crippen LogP contribution in [-0.2, 0) is 0 Å². The molecule has 0 amide bonds. The van der Waals surface area contributed by atoms with E-state index in [0.29, 0.717) is 0 Å². The van der Waals surface area contributed by atoms with E-state index in [-0.39, 0.29) is 11.1 Å². The van der Waals surface area contributed by atoms with Gasteiger partial charge in [0.05, 0.1) is 0 Å². The van der Waals surface area contributed by atoms with Gasteiger partial charge in [-0.1, -0.05) is 19.1 Å². The molecule has 0 saturated carbocycles. The smallest absolute Gasteiger partial charge is 0.263 e. The lowest BCUT2D eigenvalue weighted by molar-refractivity contribution is 0.151. The SMILES string of the molecule is CCC(C)(C)Nc1cccc(C(F)F)c1. The van der Waals surface area contributed by atoms with Gasteiger partial charge in [-0.25, -0.2) is 8.78 Å². The van der Waals surface area contributed by atoms with Gasteiger partial charge in [0.25, 0.3) is 6.43 Å². The molecule has 1 nitrogen and oxygen atoms in total. The Labute approximate surface area is 89.5 Å². The number of benzene rings is 1. The average molecular weight is 213 g/mol. The van der Waals surface area contributed by atoms with Crippen LogP contribution in [0.15, 0.2) is 24.3 Å². The molecule has 0 fully saturated rings. The second-order valence-electron chi connectivity index (χ2n) is 4.29. The maximum atomic E-state index is 12.4. The standard InChI is InChI=1S/C12H17F2N/c1-4-12(2,3)15-10-7-5-6-9(8-10)11(13)14/h5-8,11,15H,4H2,1-3H3. The monoisotopic (exact) mass is 213 g/mol. The van der Waals surface area contributed by atoms with E-state index in [1.165, 1.54) is 12.1 Å². The minimum absolute atomic E-state index is 0.0619. The van der Waals surface area contributed by atoms with Gasteiger partial charge in [0.15, 0.2) is 0 Å². The summed E-state index contributed by atoms with van der Waals surface area (Å²) in [5.41, 5.74) is 0.743. The molecule has 15 heavy (non-hydrogen) atoms. The molecule has 1 aromatic rings. The van der Waals surface area contributed by atoms with Crippen LogP contribution in [0.2, 0.25) is 0 Å². The van der Waals surface area contributed by atoms with Gasteiger partial charge >= 0.3 is 0 Å². The molecule has 0 saturated heterocycles. The number of halogens is 2. The molecule has 84 valence electrons. The maximum absolute atomic E-state index is 12.4. The predicted octanol–water partition coefficient (Wildman–Crippen LogP) is 4.22. The van der Waals surface area contributed by atoms with E-state index in [1.54, 1.807) is 6.07 Å². The summed E-state index contributed by atoms with van der Waals surface area (Å²) in [5.74, 6) is 0. The second kappa shape index (κ2) is 4.60. The fraction of sp³-hybridized carbons (Fsp3) is 0.500. The number of nitrogens with one attached hydrogen (secondary N) is 1. The Morgan fingerprint density at radius 1 is 1.33 bits per heavy atom. The zero-order valence-corrected chi connectivity index (χ0v) is 9.35. The third-order valence-electron chi connectivity index (χ3n) is 2.51. The van der Waals surface area contributed by atoms with Crippen molar-refractivity contribution in [3.05, 3.63) is 29.8 Å². The molecular formula is C12H17F2N. The highest BCUT2D eigenvalue weighted by Gasteiger charge is 2.15. The lowest BCUT2D eigenvalue weighted by atomic mass is 10.0. The molecule has 0 unspecified atom stereocenters. The molecule has 0 aliphatic carbocycles. The summed E-state index contributed by atoms with van der Waals surface area (Å²) in [6, 6.07) is 6.40. The van der Waals surface area contributed by atoms with Crippen molar-refractivity contribution in [2.75, 3.05) is 5.32 Å². The molecule has 0 bridgehead atoms. The van der Waals surface area contributed by atoms with Crippen molar-refractivity contribution in [1.29, 1.82) is 0 Å². The Bertz CT molecular complexity index is 321. The van der Waals surface area contributed by atoms with Crippen LogP contribution in [0.4, 0.5) is 14.5 Å². The molecular weight excluding hydrogens is 196 g/mol. The zero-order valence-electron chi connectivity index (χ0n) is 9.35. The molecule has 3 heteroatoms. The summed E-state index contributed by atoms with van der Waals surface area (Å²) in [6.45, 7) is 6.15. The second-order valence-corrected chi connectivity index (χ2v) is 4.29. The summed E-state index contributed by atoms with van der Waals surface area (Å²) in [5, 5.41) is 3.23. The molecule has 0 aromatic heterocycles. The summed E-state index contributed by atoms with van der Waals surface area (Å²) in [7, 11) is 0. The molecule has 0 atom stereocenters. The zero-order chi connectivity index (χ0) is 11.5. The first-order chi connectivity index (χ1) is 6.94. The van der Waals surface area contributed by atoms with Gasteiger partial charge in [-0.05, 0) is 32.4 Å². The van der Waals surface area contributed by atoms with Gasteiger partial charge in [0.1, 0.15) is 0 Å². The number of rotatable bonds is 4. The normalized spacial score (nSPS) is 11.9. The van der Waals surface area contributed by atoms with Crippen molar-refractivity contribution in [3.8, 4) is 0 Å². The predicted molar refractivity (Wildman–Crippen MR) is 59.4 cm³/mol. The Morgan fingerprint density at radius 3 is 2.53 bits per heavy atom. The quantitative estimate of drug-likeness (QED) is 0.789. The highest BCUT2D eigenvalue weighted by Crippen LogP contribution is 2.24. The van der Waals surface area contributed by atoms with E-state index >= 15 is 0 Å². The van der Waals surface area contributed by atoms with Crippen molar-refractivity contribution in [2.45, 2.75) is 39.2 Å². The molecule has 1 aromatic carbocycles. The van der Waals surface area contributed by atoms with Gasteiger partial charge in [-0.3, -0.25) is 0 Å². The molecule has 0 aliphatic rings. The van der Waals surface area contributed by atoms with Crippen LogP contribution in [0.5, 0.6) is 0 Å². The average Bonchev–Trinajstić information content (AvgIpc) is 2.17. The van der Waals surface area contributed by atoms with E-state index in [2.05, 4.69) is 12.2 Å². The number of alkyl halides is 2. The highest BCUT2D eigenvalue weighted by molar-refractivity contribution is 5.47. The third kappa shape index (κ3) is 3.50. The molecule has 0 aliphatic heterocycles. The van der Waals surface area contributed by atoms with Crippen LogP contribution in [-0.4, -0.2) is 5.54 Å². The number of hydrogen-bond acceptors (Lipinski definition) is 1. The van der Waals surface area contributed by atoms with Crippen molar-refractivity contribution >= 4 is 5.69 Å². The van der Waals surface area contributed by atoms with Crippen molar-refractivity contribution in [1.82, 2.24) is 0 Å². The Kier molecular flexibility index (Phi) is 3.66. The minimum Gasteiger partial charge on any atom is -0.380 e. The van der Waals surface area contributed by atoms with Crippen molar-refractivity contribution in [2.24, 2.45) is 0 Å². The van der Waals surface area contributed by atoms with E-state index in [9.17, 15) is 8.78 Å². The highest BCUT2D eigenvalue weighted by atomic mass is 19.3. The number of hydrogen-bond donors (Lipinski definition) is 1. The van der Waals surface area contributed by atoms with Crippen molar-refractivity contribution in [3.63, 3.8) is 0 Å². The Morgan fingerprint density at radius 2 is 2.00 bits per heavy atom. The molecule has 0 spiro atoms. The third-order valence-corrected chi connectivity index (χ3v) is 2.51. The fourth-order valence-electron chi connectivity index (χ4n) is 1.23. The summed E-state index contributed by atoms with van der Waals surface area (Å²) >= 11 is 0. The van der Waals surface area contributed by atoms with Crippen LogP contribution >= 0.6 is 0 Å². The molecule has 1 N–H and O–H groups in total. The van der Waals surface area contributed by atoms with Crippen LogP contribution < -0.4 is 5.32 Å². The molecule has 0 radical (unpaired) electrons. The van der Waals surface area contributed by atoms with Gasteiger partial charge in [0, 0.05) is 16.8 Å². The maximum Gasteiger partial charge on any atom is 0.263 e. The summed E-state index contributed by atoms with van der Waals surface area (Å²) in [6.07, 6.45) is -1.47. The topological polar surface area (TPSA) is 12.0 Å². The first kappa shape index (κ1) is 12.0. The van der Waals surface area contributed by atoms with Gasteiger partial charge in [-0.2, -0.15) is 0 Å². The summed E-state index contributed by atoms with van der Waals surface area (Å²) < 4.78 is 24.9. The van der Waals surface area contributed by atoms with E-state index in [0.717, 1.165) is 12.1 Å². The van der Waals surface area contributed by atoms with Crippen LogP contribution in [0.1, 0.15) is 39.2 Å². The van der Waals surface area contributed by atoms with E-state index < -0.39 is 6.43 Å². The largest absolute Gasteiger partial charge is 0.380 e. The lowest BCUT2D eigenvalue weighted by Gasteiger charge is -2.26. The summed E-state index contributed by atoms with van der Waals surface area (Å²) in [4.78, 5) is 0. The van der Waals surface area contributed by atoms with Gasteiger partial charge in [0.2, 0.25) is 0 Å². The van der Waals surface area contributed by atoms with E-state index in [4.69, 9.17) is 0 Å². The van der Waals surface area contributed by atoms with Crippen LogP contribution in [0.25, 0.3) is 0 Å². The van der Waals surface area contributed by atoms with Crippen LogP contribution in [0.3, 0.4) is 0 Å². The minimum atomic E-state index is -2.41. The van der Waals surface area contributed by atoms with Gasteiger partial charge in [-0.15, -0.1) is 0 Å². The Balaban J connectivity index is 2.82. The van der Waals surface area contributed by atoms with Crippen LogP contribution in [0, 0.1) is 0 Å². The molecule has 0 heterocycles. The number of anilines is 1. The van der Waals surface area contributed by atoms with Crippen molar-refractivity contribution < 1.29 is 8.78 Å². The first-order valence-electron chi connectivity index (χ1n) is 5.11. The lowest BCUT2D eigenvalue weighted by Crippen LogP contribution is -2.29. The first-order valence-corrected chi connectivity index (χ1v) is 5.11. The Hall–Kier alpha value is -1.12. The molecule has 1 rings (SSSR count). The fourth-order valence-corrected chi connectivity index (χ4v) is 1.23. The van der Waals surface area contributed by atoms with E-state index in [1.807, 2.05) is 19.9 Å².